The fraction of sp³-hybridized carbons (Fsp3) is 0.0952. The van der Waals surface area contributed by atoms with Gasteiger partial charge in [-0.1, -0.05) is 6.07 Å². The second kappa shape index (κ2) is 8.68. The first-order valence-electron chi connectivity index (χ1n) is 8.46. The SMILES string of the molecule is COC(=O)c1ccc(Nc2ccc(NC(=O)c3cccc(OC)c3)nc2)cc1. The van der Waals surface area contributed by atoms with E-state index in [1.165, 1.54) is 7.11 Å². The number of carbonyl (C=O) groups excluding carboxylic acids is 2. The van der Waals surface area contributed by atoms with Crippen LogP contribution in [0.25, 0.3) is 0 Å². The van der Waals surface area contributed by atoms with E-state index in [4.69, 9.17) is 4.74 Å². The molecule has 1 amide bonds. The monoisotopic (exact) mass is 377 g/mol. The molecule has 2 N–H and O–H groups in total. The largest absolute Gasteiger partial charge is 0.497 e. The van der Waals surface area contributed by atoms with Gasteiger partial charge in [0.1, 0.15) is 11.6 Å². The summed E-state index contributed by atoms with van der Waals surface area (Å²) >= 11 is 0. The van der Waals surface area contributed by atoms with Crippen molar-refractivity contribution >= 4 is 29.1 Å². The van der Waals surface area contributed by atoms with Gasteiger partial charge in [-0.3, -0.25) is 4.79 Å². The molecule has 3 rings (SSSR count). The normalized spacial score (nSPS) is 10.1. The Morgan fingerprint density at radius 3 is 2.29 bits per heavy atom. The van der Waals surface area contributed by atoms with Crippen LogP contribution in [0.4, 0.5) is 17.2 Å². The number of anilines is 3. The summed E-state index contributed by atoms with van der Waals surface area (Å²) in [5.41, 5.74) is 2.49. The first kappa shape index (κ1) is 18.9. The maximum absolute atomic E-state index is 12.3. The van der Waals surface area contributed by atoms with Crippen LogP contribution in [-0.2, 0) is 4.74 Å². The minimum absolute atomic E-state index is 0.273. The Labute approximate surface area is 162 Å². The quantitative estimate of drug-likeness (QED) is 0.634. The van der Waals surface area contributed by atoms with Crippen molar-refractivity contribution < 1.29 is 19.1 Å². The van der Waals surface area contributed by atoms with E-state index in [0.717, 1.165) is 11.4 Å². The highest BCUT2D eigenvalue weighted by Crippen LogP contribution is 2.19. The van der Waals surface area contributed by atoms with Crippen molar-refractivity contribution in [2.75, 3.05) is 24.9 Å². The van der Waals surface area contributed by atoms with Crippen molar-refractivity contribution in [1.82, 2.24) is 4.98 Å². The molecule has 0 saturated carbocycles. The molecule has 0 bridgehead atoms. The average Bonchev–Trinajstić information content (AvgIpc) is 2.75. The predicted molar refractivity (Wildman–Crippen MR) is 106 cm³/mol. The van der Waals surface area contributed by atoms with E-state index in [0.29, 0.717) is 22.7 Å². The van der Waals surface area contributed by atoms with Crippen LogP contribution in [0.3, 0.4) is 0 Å². The van der Waals surface area contributed by atoms with Gasteiger partial charge in [0, 0.05) is 11.3 Å². The van der Waals surface area contributed by atoms with Crippen molar-refractivity contribution in [2.45, 2.75) is 0 Å². The number of amides is 1. The second-order valence-electron chi connectivity index (χ2n) is 5.81. The first-order valence-corrected chi connectivity index (χ1v) is 8.46. The molecule has 142 valence electrons. The van der Waals surface area contributed by atoms with Crippen LogP contribution in [0.2, 0.25) is 0 Å². The number of methoxy groups -OCH3 is 2. The molecule has 0 saturated heterocycles. The highest BCUT2D eigenvalue weighted by molar-refractivity contribution is 6.04. The van der Waals surface area contributed by atoms with Gasteiger partial charge in [0.2, 0.25) is 0 Å². The third kappa shape index (κ3) is 4.64. The lowest BCUT2D eigenvalue weighted by atomic mass is 10.2. The Bertz CT molecular complexity index is 970. The summed E-state index contributed by atoms with van der Waals surface area (Å²) in [6, 6.07) is 17.2. The van der Waals surface area contributed by atoms with Gasteiger partial charge in [-0.15, -0.1) is 0 Å². The lowest BCUT2D eigenvalue weighted by molar-refractivity contribution is 0.0600. The lowest BCUT2D eigenvalue weighted by Crippen LogP contribution is -2.12. The molecule has 1 aromatic heterocycles. The average molecular weight is 377 g/mol. The molecular weight excluding hydrogens is 358 g/mol. The number of carbonyl (C=O) groups is 2. The van der Waals surface area contributed by atoms with Crippen molar-refractivity contribution in [3.05, 3.63) is 78.0 Å². The van der Waals surface area contributed by atoms with Crippen molar-refractivity contribution in [2.24, 2.45) is 0 Å². The summed E-state index contributed by atoms with van der Waals surface area (Å²) in [7, 11) is 2.89. The zero-order valence-corrected chi connectivity index (χ0v) is 15.4. The molecule has 0 aliphatic carbocycles. The summed E-state index contributed by atoms with van der Waals surface area (Å²) in [6.07, 6.45) is 1.61. The number of aromatic nitrogens is 1. The molecule has 0 aliphatic heterocycles. The summed E-state index contributed by atoms with van der Waals surface area (Å²) < 4.78 is 9.80. The van der Waals surface area contributed by atoms with Crippen LogP contribution in [0.15, 0.2) is 66.9 Å². The number of hydrogen-bond donors (Lipinski definition) is 2. The molecule has 3 aromatic rings. The minimum atomic E-state index is -0.385. The Kier molecular flexibility index (Phi) is 5.86. The van der Waals surface area contributed by atoms with Gasteiger partial charge in [0.15, 0.2) is 0 Å². The molecule has 1 heterocycles. The van der Waals surface area contributed by atoms with Crippen LogP contribution in [0.5, 0.6) is 5.75 Å². The fourth-order valence-corrected chi connectivity index (χ4v) is 2.47. The molecule has 7 nitrogen and oxygen atoms in total. The van der Waals surface area contributed by atoms with Gasteiger partial charge in [0.25, 0.3) is 5.91 Å². The summed E-state index contributed by atoms with van der Waals surface area (Å²) in [5, 5.41) is 5.91. The maximum Gasteiger partial charge on any atom is 0.337 e. The topological polar surface area (TPSA) is 89.6 Å². The van der Waals surface area contributed by atoms with Crippen molar-refractivity contribution in [3.8, 4) is 5.75 Å². The summed E-state index contributed by atoms with van der Waals surface area (Å²) in [5.74, 6) is 0.382. The highest BCUT2D eigenvalue weighted by Gasteiger charge is 2.08. The number of rotatable bonds is 6. The van der Waals surface area contributed by atoms with Crippen LogP contribution < -0.4 is 15.4 Å². The Hall–Kier alpha value is -3.87. The van der Waals surface area contributed by atoms with E-state index in [1.54, 1.807) is 74.0 Å². The van der Waals surface area contributed by atoms with E-state index in [-0.39, 0.29) is 11.9 Å². The minimum Gasteiger partial charge on any atom is -0.497 e. The molecule has 28 heavy (non-hydrogen) atoms. The van der Waals surface area contributed by atoms with Gasteiger partial charge in [-0.25, -0.2) is 9.78 Å². The highest BCUT2D eigenvalue weighted by atomic mass is 16.5. The molecule has 0 atom stereocenters. The van der Waals surface area contributed by atoms with E-state index in [2.05, 4.69) is 20.4 Å². The first-order chi connectivity index (χ1) is 13.6. The smallest absolute Gasteiger partial charge is 0.337 e. The number of nitrogens with zero attached hydrogens (tertiary/aromatic N) is 1. The number of esters is 1. The molecule has 0 radical (unpaired) electrons. The molecule has 0 spiro atoms. The number of ether oxygens (including phenoxy) is 2. The predicted octanol–water partition coefficient (Wildman–Crippen LogP) is 3.87. The van der Waals surface area contributed by atoms with E-state index < -0.39 is 0 Å². The number of benzene rings is 2. The molecule has 7 heteroatoms. The third-order valence-corrected chi connectivity index (χ3v) is 3.93. The van der Waals surface area contributed by atoms with E-state index >= 15 is 0 Å². The summed E-state index contributed by atoms with van der Waals surface area (Å²) in [6.45, 7) is 0. The molecule has 0 fully saturated rings. The third-order valence-electron chi connectivity index (χ3n) is 3.93. The fourth-order valence-electron chi connectivity index (χ4n) is 2.47. The van der Waals surface area contributed by atoms with Crippen LogP contribution in [0.1, 0.15) is 20.7 Å². The van der Waals surface area contributed by atoms with E-state index in [9.17, 15) is 9.59 Å². The molecule has 0 aliphatic rings. The number of hydrogen-bond acceptors (Lipinski definition) is 6. The zero-order chi connectivity index (χ0) is 19.9. The second-order valence-corrected chi connectivity index (χ2v) is 5.81. The Balaban J connectivity index is 1.63. The lowest BCUT2D eigenvalue weighted by Gasteiger charge is -2.09. The van der Waals surface area contributed by atoms with Crippen LogP contribution in [-0.4, -0.2) is 31.1 Å². The summed E-state index contributed by atoms with van der Waals surface area (Å²) in [4.78, 5) is 28.0. The Morgan fingerprint density at radius 1 is 0.893 bits per heavy atom. The van der Waals surface area contributed by atoms with Gasteiger partial charge >= 0.3 is 5.97 Å². The van der Waals surface area contributed by atoms with Crippen LogP contribution in [0, 0.1) is 0 Å². The van der Waals surface area contributed by atoms with Crippen molar-refractivity contribution in [1.29, 1.82) is 0 Å². The van der Waals surface area contributed by atoms with Gasteiger partial charge in [-0.2, -0.15) is 0 Å². The molecular formula is C21H19N3O4. The Morgan fingerprint density at radius 2 is 1.64 bits per heavy atom. The molecule has 0 unspecified atom stereocenters. The molecule has 2 aromatic carbocycles. The van der Waals surface area contributed by atoms with Gasteiger partial charge < -0.3 is 20.1 Å². The standard InChI is InChI=1S/C21H19N3O4/c1-27-18-5-3-4-15(12-18)20(25)24-19-11-10-17(13-22-19)23-16-8-6-14(7-9-16)21(26)28-2/h3-13,23H,1-2H3,(H,22,24,25). The van der Waals surface area contributed by atoms with Gasteiger partial charge in [0.05, 0.1) is 31.7 Å². The van der Waals surface area contributed by atoms with Gasteiger partial charge in [-0.05, 0) is 54.6 Å². The van der Waals surface area contributed by atoms with E-state index in [1.807, 2.05) is 0 Å². The van der Waals surface area contributed by atoms with Crippen molar-refractivity contribution in [3.63, 3.8) is 0 Å². The maximum atomic E-state index is 12.3. The number of pyridine rings is 1. The van der Waals surface area contributed by atoms with Crippen LogP contribution >= 0.6 is 0 Å². The number of nitrogens with one attached hydrogen (secondary N) is 2. The zero-order valence-electron chi connectivity index (χ0n) is 15.4.